The van der Waals surface area contributed by atoms with Gasteiger partial charge in [-0.1, -0.05) is 18.2 Å². The number of ether oxygens (including phenoxy) is 1. The molecule has 2 aromatic rings. The highest BCUT2D eigenvalue weighted by atomic mass is 16.5. The Bertz CT molecular complexity index is 663. The second-order valence-corrected chi connectivity index (χ2v) is 5.95. The molecule has 2 rings (SSSR count). The molecule has 0 aliphatic rings. The van der Waals surface area contributed by atoms with Gasteiger partial charge in [0.05, 0.1) is 13.7 Å². The molecule has 0 spiro atoms. The van der Waals surface area contributed by atoms with Crippen molar-refractivity contribution in [2.75, 3.05) is 26.0 Å². The van der Waals surface area contributed by atoms with Crippen LogP contribution in [0.25, 0.3) is 0 Å². The van der Waals surface area contributed by atoms with E-state index < -0.39 is 0 Å². The van der Waals surface area contributed by atoms with Crippen LogP contribution >= 0.6 is 0 Å². The van der Waals surface area contributed by atoms with Crippen LogP contribution in [-0.4, -0.2) is 31.5 Å². The van der Waals surface area contributed by atoms with Gasteiger partial charge in [0.25, 0.3) is 0 Å². The molecule has 0 saturated carbocycles. The summed E-state index contributed by atoms with van der Waals surface area (Å²) in [6, 6.07) is 13.9. The lowest BCUT2D eigenvalue weighted by atomic mass is 10.1. The van der Waals surface area contributed by atoms with E-state index in [1.54, 1.807) is 7.11 Å². The van der Waals surface area contributed by atoms with Crippen molar-refractivity contribution in [1.29, 1.82) is 0 Å². The van der Waals surface area contributed by atoms with E-state index in [1.165, 1.54) is 0 Å². The average molecular weight is 312 g/mol. The van der Waals surface area contributed by atoms with Crippen molar-refractivity contribution in [3.63, 3.8) is 0 Å². The Morgan fingerprint density at radius 2 is 1.83 bits per heavy atom. The van der Waals surface area contributed by atoms with Crippen molar-refractivity contribution in [3.8, 4) is 5.75 Å². The van der Waals surface area contributed by atoms with Gasteiger partial charge in [-0.15, -0.1) is 0 Å². The summed E-state index contributed by atoms with van der Waals surface area (Å²) in [4.78, 5) is 14.2. The summed E-state index contributed by atoms with van der Waals surface area (Å²) in [5.74, 6) is 0.816. The first-order valence-electron chi connectivity index (χ1n) is 7.66. The molecule has 4 nitrogen and oxygen atoms in total. The van der Waals surface area contributed by atoms with Crippen LogP contribution in [0.3, 0.4) is 0 Å². The maximum Gasteiger partial charge on any atom is 0.238 e. The van der Waals surface area contributed by atoms with E-state index in [2.05, 4.69) is 11.4 Å². The van der Waals surface area contributed by atoms with Crippen molar-refractivity contribution in [2.24, 2.45) is 0 Å². The van der Waals surface area contributed by atoms with Crippen molar-refractivity contribution in [1.82, 2.24) is 4.90 Å². The van der Waals surface area contributed by atoms with E-state index >= 15 is 0 Å². The van der Waals surface area contributed by atoms with Crippen molar-refractivity contribution in [2.45, 2.75) is 20.4 Å². The van der Waals surface area contributed by atoms with Gasteiger partial charge in [-0.2, -0.15) is 0 Å². The topological polar surface area (TPSA) is 41.6 Å². The predicted octanol–water partition coefficient (Wildman–Crippen LogP) is 3.38. The predicted molar refractivity (Wildman–Crippen MR) is 93.9 cm³/mol. The van der Waals surface area contributed by atoms with Crippen LogP contribution in [0.15, 0.2) is 42.5 Å². The molecular formula is C19H24N2O2. The second kappa shape index (κ2) is 7.79. The SMILES string of the molecule is COc1cccc(CN(C)CC(=O)Nc2cc(C)cc(C)c2)c1. The standard InChI is InChI=1S/C19H24N2O2/c1-14-8-15(2)10-17(9-14)20-19(22)13-21(3)12-16-6-5-7-18(11-16)23-4/h5-11H,12-13H2,1-4H3,(H,20,22). The van der Waals surface area contributed by atoms with Gasteiger partial charge in [-0.3, -0.25) is 9.69 Å². The Morgan fingerprint density at radius 1 is 1.13 bits per heavy atom. The van der Waals surface area contributed by atoms with Gasteiger partial charge in [0.15, 0.2) is 0 Å². The van der Waals surface area contributed by atoms with Crippen LogP contribution in [0.4, 0.5) is 5.69 Å². The minimum absolute atomic E-state index is 0.0135. The Kier molecular flexibility index (Phi) is 5.77. The second-order valence-electron chi connectivity index (χ2n) is 5.95. The molecule has 1 amide bonds. The highest BCUT2D eigenvalue weighted by molar-refractivity contribution is 5.92. The monoisotopic (exact) mass is 312 g/mol. The summed E-state index contributed by atoms with van der Waals surface area (Å²) in [6.45, 7) is 5.08. The van der Waals surface area contributed by atoms with Gasteiger partial charge in [0.1, 0.15) is 5.75 Å². The van der Waals surface area contributed by atoms with Gasteiger partial charge < -0.3 is 10.1 Å². The van der Waals surface area contributed by atoms with Crippen LogP contribution < -0.4 is 10.1 Å². The van der Waals surface area contributed by atoms with E-state index in [4.69, 9.17) is 4.74 Å². The number of benzene rings is 2. The molecule has 1 N–H and O–H groups in total. The lowest BCUT2D eigenvalue weighted by Gasteiger charge is -2.17. The normalized spacial score (nSPS) is 10.7. The van der Waals surface area contributed by atoms with Crippen molar-refractivity contribution in [3.05, 3.63) is 59.2 Å². The Hall–Kier alpha value is -2.33. The maximum absolute atomic E-state index is 12.2. The number of nitrogens with one attached hydrogen (secondary N) is 1. The van der Waals surface area contributed by atoms with E-state index in [9.17, 15) is 4.79 Å². The third-order valence-corrected chi connectivity index (χ3v) is 3.51. The third-order valence-electron chi connectivity index (χ3n) is 3.51. The third kappa shape index (κ3) is 5.42. The number of hydrogen-bond donors (Lipinski definition) is 1. The van der Waals surface area contributed by atoms with Crippen molar-refractivity contribution >= 4 is 11.6 Å². The quantitative estimate of drug-likeness (QED) is 0.889. The first-order valence-corrected chi connectivity index (χ1v) is 7.66. The largest absolute Gasteiger partial charge is 0.497 e. The van der Waals surface area contributed by atoms with Crippen LogP contribution in [0.2, 0.25) is 0 Å². The van der Waals surface area contributed by atoms with Crippen molar-refractivity contribution < 1.29 is 9.53 Å². The molecule has 0 heterocycles. The van der Waals surface area contributed by atoms with Gasteiger partial charge >= 0.3 is 0 Å². The minimum atomic E-state index is -0.0135. The molecule has 4 heteroatoms. The molecular weight excluding hydrogens is 288 g/mol. The fourth-order valence-electron chi connectivity index (χ4n) is 2.63. The zero-order chi connectivity index (χ0) is 16.8. The smallest absolute Gasteiger partial charge is 0.238 e. The molecule has 2 aromatic carbocycles. The van der Waals surface area contributed by atoms with Gasteiger partial charge in [-0.05, 0) is 61.9 Å². The number of likely N-dealkylation sites (N-methyl/N-ethyl adjacent to an activating group) is 1. The molecule has 122 valence electrons. The summed E-state index contributed by atoms with van der Waals surface area (Å²) < 4.78 is 5.22. The first kappa shape index (κ1) is 17.0. The van der Waals surface area contributed by atoms with E-state index in [1.807, 2.05) is 62.2 Å². The molecule has 23 heavy (non-hydrogen) atoms. The minimum Gasteiger partial charge on any atom is -0.497 e. The van der Waals surface area contributed by atoms with Crippen LogP contribution in [0.5, 0.6) is 5.75 Å². The molecule has 0 radical (unpaired) electrons. The summed E-state index contributed by atoms with van der Waals surface area (Å²) >= 11 is 0. The number of methoxy groups -OCH3 is 1. The van der Waals surface area contributed by atoms with Crippen LogP contribution in [0, 0.1) is 13.8 Å². The number of anilines is 1. The van der Waals surface area contributed by atoms with E-state index in [0.29, 0.717) is 13.1 Å². The van der Waals surface area contributed by atoms with Gasteiger partial charge in [-0.25, -0.2) is 0 Å². The number of aryl methyl sites for hydroxylation is 2. The molecule has 0 unspecified atom stereocenters. The zero-order valence-corrected chi connectivity index (χ0v) is 14.2. The molecule has 0 saturated heterocycles. The highest BCUT2D eigenvalue weighted by Crippen LogP contribution is 2.15. The van der Waals surface area contributed by atoms with Gasteiger partial charge in [0.2, 0.25) is 5.91 Å². The number of carbonyl (C=O) groups excluding carboxylic acids is 1. The summed E-state index contributed by atoms with van der Waals surface area (Å²) in [6.07, 6.45) is 0. The molecule has 0 bridgehead atoms. The maximum atomic E-state index is 12.2. The zero-order valence-electron chi connectivity index (χ0n) is 14.2. The molecule has 0 aliphatic carbocycles. The van der Waals surface area contributed by atoms with E-state index in [-0.39, 0.29) is 5.91 Å². The summed E-state index contributed by atoms with van der Waals surface area (Å²) in [5, 5.41) is 2.96. The highest BCUT2D eigenvalue weighted by Gasteiger charge is 2.08. The number of nitrogens with zero attached hydrogens (tertiary/aromatic N) is 1. The fourth-order valence-corrected chi connectivity index (χ4v) is 2.63. The first-order chi connectivity index (χ1) is 11.0. The Labute approximate surface area is 138 Å². The average Bonchev–Trinajstić information content (AvgIpc) is 2.45. The number of amides is 1. The molecule has 0 atom stereocenters. The fraction of sp³-hybridized carbons (Fsp3) is 0.316. The Morgan fingerprint density at radius 3 is 2.48 bits per heavy atom. The summed E-state index contributed by atoms with van der Waals surface area (Å²) in [5.41, 5.74) is 4.25. The van der Waals surface area contributed by atoms with E-state index in [0.717, 1.165) is 28.1 Å². The van der Waals surface area contributed by atoms with Gasteiger partial charge in [0, 0.05) is 12.2 Å². The Balaban J connectivity index is 1.91. The number of rotatable bonds is 6. The van der Waals surface area contributed by atoms with Crippen LogP contribution in [0.1, 0.15) is 16.7 Å². The molecule has 0 aromatic heterocycles. The number of carbonyl (C=O) groups is 1. The number of hydrogen-bond acceptors (Lipinski definition) is 3. The summed E-state index contributed by atoms with van der Waals surface area (Å²) in [7, 11) is 3.58. The lowest BCUT2D eigenvalue weighted by molar-refractivity contribution is -0.117. The molecule has 0 aliphatic heterocycles. The van der Waals surface area contributed by atoms with Crippen LogP contribution in [-0.2, 0) is 11.3 Å². The molecule has 0 fully saturated rings. The lowest BCUT2D eigenvalue weighted by Crippen LogP contribution is -2.29.